The van der Waals surface area contributed by atoms with Crippen LogP contribution in [0.3, 0.4) is 0 Å². The molecule has 0 saturated carbocycles. The lowest BCUT2D eigenvalue weighted by Crippen LogP contribution is -2.48. The highest BCUT2D eigenvalue weighted by atomic mass is 35.5. The highest BCUT2D eigenvalue weighted by Crippen LogP contribution is 2.32. The Morgan fingerprint density at radius 1 is 1.12 bits per heavy atom. The molecule has 1 aliphatic rings. The van der Waals surface area contributed by atoms with Crippen molar-refractivity contribution < 1.29 is 19.0 Å². The van der Waals surface area contributed by atoms with Crippen LogP contribution in [0.2, 0.25) is 5.02 Å². The van der Waals surface area contributed by atoms with E-state index in [0.717, 1.165) is 24.2 Å². The van der Waals surface area contributed by atoms with Crippen LogP contribution in [0.15, 0.2) is 53.3 Å². The summed E-state index contributed by atoms with van der Waals surface area (Å²) in [6, 6.07) is 14.8. The second-order valence-electron chi connectivity index (χ2n) is 10.5. The lowest BCUT2D eigenvalue weighted by molar-refractivity contribution is -0.151. The third-order valence-corrected chi connectivity index (χ3v) is 7.47. The number of rotatable bonds is 10. The number of para-hydroxylation sites is 1. The van der Waals surface area contributed by atoms with Gasteiger partial charge in [-0.15, -0.1) is 0 Å². The highest BCUT2D eigenvalue weighted by Gasteiger charge is 2.34. The number of hydrogen-bond donors (Lipinski definition) is 3. The zero-order chi connectivity index (χ0) is 32.3. The highest BCUT2D eigenvalue weighted by molar-refractivity contribution is 6.30. The van der Waals surface area contributed by atoms with E-state index < -0.39 is 12.5 Å². The van der Waals surface area contributed by atoms with Crippen LogP contribution in [0, 0.1) is 12.8 Å². The van der Waals surface area contributed by atoms with Gasteiger partial charge in [-0.25, -0.2) is 4.68 Å². The first kappa shape index (κ1) is 36.0. The van der Waals surface area contributed by atoms with Crippen molar-refractivity contribution >= 4 is 24.1 Å². The molecule has 0 amide bonds. The van der Waals surface area contributed by atoms with Crippen LogP contribution >= 0.6 is 11.6 Å². The molecule has 0 spiro atoms. The van der Waals surface area contributed by atoms with Gasteiger partial charge in [0, 0.05) is 24.2 Å². The Labute approximate surface area is 260 Å². The third-order valence-electron chi connectivity index (χ3n) is 7.24. The molecule has 1 fully saturated rings. The predicted octanol–water partition coefficient (Wildman–Crippen LogP) is 5.32. The Morgan fingerprint density at radius 3 is 2.40 bits per heavy atom. The van der Waals surface area contributed by atoms with E-state index in [9.17, 15) is 4.79 Å². The lowest BCUT2D eigenvalue weighted by atomic mass is 9.92. The molecule has 0 aliphatic carbocycles. The second kappa shape index (κ2) is 17.2. The average molecular weight is 618 g/mol. The van der Waals surface area contributed by atoms with Gasteiger partial charge >= 0.3 is 0 Å². The summed E-state index contributed by atoms with van der Waals surface area (Å²) in [6.07, 6.45) is -0.501. The number of anilines is 1. The van der Waals surface area contributed by atoms with Crippen LogP contribution < -0.4 is 27.1 Å². The molecule has 4 rings (SSSR count). The zero-order valence-corrected chi connectivity index (χ0v) is 27.1. The van der Waals surface area contributed by atoms with Gasteiger partial charge in [0.1, 0.15) is 30.7 Å². The second-order valence-corrected chi connectivity index (χ2v) is 10.9. The summed E-state index contributed by atoms with van der Waals surface area (Å²) >= 11 is 6.22. The van der Waals surface area contributed by atoms with Crippen molar-refractivity contribution in [1.29, 1.82) is 0 Å². The first-order valence-corrected chi connectivity index (χ1v) is 15.1. The molecule has 1 saturated heterocycles. The molecule has 5 N–H and O–H groups in total. The van der Waals surface area contributed by atoms with E-state index in [1.165, 1.54) is 0 Å². The molecule has 0 bridgehead atoms. The molecule has 0 radical (unpaired) electrons. The Bertz CT molecular complexity index is 1330. The first-order chi connectivity index (χ1) is 20.6. The Morgan fingerprint density at radius 2 is 1.77 bits per heavy atom. The van der Waals surface area contributed by atoms with E-state index in [4.69, 9.17) is 42.1 Å². The van der Waals surface area contributed by atoms with Crippen molar-refractivity contribution in [1.82, 2.24) is 9.36 Å². The minimum Gasteiger partial charge on any atom is -0.491 e. The summed E-state index contributed by atoms with van der Waals surface area (Å²) in [4.78, 5) is 21.3. The van der Waals surface area contributed by atoms with Crippen molar-refractivity contribution in [3.63, 3.8) is 0 Å². The van der Waals surface area contributed by atoms with Crippen LogP contribution in [0.4, 0.5) is 5.69 Å². The predicted molar refractivity (Wildman–Crippen MR) is 173 cm³/mol. The van der Waals surface area contributed by atoms with Gasteiger partial charge in [0.15, 0.2) is 0 Å². The molecule has 5 atom stereocenters. The molecular weight excluding hydrogens is 570 g/mol. The van der Waals surface area contributed by atoms with Crippen LogP contribution in [-0.2, 0) is 21.3 Å². The number of carbonyl (C=O) groups excluding carboxylic acids is 1. The standard InChI is InChI=1S/C29H40ClN5O4.C2H6.CH2O/c1-17(2)37-23-14-12-20(30)15-22(23)27(31)39-28(32)24-13-11-18(3)25(38-24)16-33-26-19(4)34(5)35(29(26)36)21-9-7-6-8-10-21;2*1-2/h6-10,12,14-15,17-18,24-25,27-28,33H,11,13,16,31-32H2,1-5H3;1-2H3;1H2/t18-,24?,25?,27?,28?;;/m0../s1. The van der Waals surface area contributed by atoms with Gasteiger partial charge in [-0.2, -0.15) is 0 Å². The van der Waals surface area contributed by atoms with Gasteiger partial charge < -0.3 is 35.8 Å². The molecule has 11 heteroatoms. The minimum absolute atomic E-state index is 0.0349. The normalized spacial score (nSPS) is 19.4. The average Bonchev–Trinajstić information content (AvgIpc) is 3.22. The number of aromatic nitrogens is 2. The maximum Gasteiger partial charge on any atom is 0.295 e. The Balaban J connectivity index is 0.00000155. The first-order valence-electron chi connectivity index (χ1n) is 14.7. The molecule has 4 unspecified atom stereocenters. The lowest BCUT2D eigenvalue weighted by Gasteiger charge is -2.38. The van der Waals surface area contributed by atoms with E-state index in [-0.39, 0.29) is 29.8 Å². The SMILES string of the molecule is C=O.CC.Cc1c(NCC2OC(C(N)OC(N)c3cc(Cl)ccc3OC(C)C)CC[C@@H]2C)c(=O)n(-c2ccccc2)n1C. The van der Waals surface area contributed by atoms with Gasteiger partial charge in [0.2, 0.25) is 0 Å². The van der Waals surface area contributed by atoms with Gasteiger partial charge in [0.05, 0.1) is 29.7 Å². The topological polar surface area (TPSA) is 136 Å². The van der Waals surface area contributed by atoms with E-state index in [2.05, 4.69) is 12.2 Å². The largest absolute Gasteiger partial charge is 0.491 e. The van der Waals surface area contributed by atoms with Crippen molar-refractivity contribution in [2.24, 2.45) is 24.4 Å². The van der Waals surface area contributed by atoms with Gasteiger partial charge in [0.25, 0.3) is 5.56 Å². The van der Waals surface area contributed by atoms with Crippen molar-refractivity contribution in [2.75, 3.05) is 11.9 Å². The molecule has 43 heavy (non-hydrogen) atoms. The van der Waals surface area contributed by atoms with Gasteiger partial charge in [-0.1, -0.05) is 50.6 Å². The van der Waals surface area contributed by atoms with E-state index >= 15 is 0 Å². The molecule has 1 aromatic heterocycles. The number of carbonyl (C=O) groups is 1. The molecule has 2 aromatic carbocycles. The molecule has 10 nitrogen and oxygen atoms in total. The number of hydrogen-bond acceptors (Lipinski definition) is 8. The number of ether oxygens (including phenoxy) is 3. The van der Waals surface area contributed by atoms with E-state index in [1.54, 1.807) is 22.9 Å². The zero-order valence-electron chi connectivity index (χ0n) is 26.4. The number of nitrogens with one attached hydrogen (secondary N) is 1. The van der Waals surface area contributed by atoms with Crippen LogP contribution in [0.5, 0.6) is 5.75 Å². The molecule has 238 valence electrons. The molecule has 1 aliphatic heterocycles. The van der Waals surface area contributed by atoms with Crippen molar-refractivity contribution in [2.45, 2.75) is 85.2 Å². The van der Waals surface area contributed by atoms with Crippen molar-refractivity contribution in [3.05, 3.63) is 75.2 Å². The maximum absolute atomic E-state index is 13.3. The fourth-order valence-electron chi connectivity index (χ4n) is 4.94. The van der Waals surface area contributed by atoms with E-state index in [1.807, 2.05) is 83.5 Å². The van der Waals surface area contributed by atoms with Gasteiger partial charge in [-0.05, 0) is 69.9 Å². The fraction of sp³-hybridized carbons (Fsp3) is 0.500. The third kappa shape index (κ3) is 9.17. The summed E-state index contributed by atoms with van der Waals surface area (Å²) in [7, 11) is 1.88. The van der Waals surface area contributed by atoms with Crippen molar-refractivity contribution in [3.8, 4) is 11.4 Å². The summed E-state index contributed by atoms with van der Waals surface area (Å²) in [5, 5.41) is 3.89. The van der Waals surface area contributed by atoms with Gasteiger partial charge in [-0.3, -0.25) is 9.48 Å². The summed E-state index contributed by atoms with van der Waals surface area (Å²) < 4.78 is 21.8. The monoisotopic (exact) mass is 617 g/mol. The van der Waals surface area contributed by atoms with Crippen LogP contribution in [-0.4, -0.2) is 47.2 Å². The number of halogens is 1. The summed E-state index contributed by atoms with van der Waals surface area (Å²) in [6.45, 7) is 14.4. The molecule has 2 heterocycles. The smallest absolute Gasteiger partial charge is 0.295 e. The maximum atomic E-state index is 13.3. The number of nitrogens with two attached hydrogens (primary N) is 2. The molecule has 3 aromatic rings. The molecular formula is C32H48ClN5O5. The Kier molecular flexibility index (Phi) is 14.4. The number of nitrogens with zero attached hydrogens (tertiary/aromatic N) is 2. The summed E-state index contributed by atoms with van der Waals surface area (Å²) in [5.74, 6) is 0.878. The quantitative estimate of drug-likeness (QED) is 0.260. The number of benzene rings is 2. The van der Waals surface area contributed by atoms with Crippen LogP contribution in [0.25, 0.3) is 5.69 Å². The fourth-order valence-corrected chi connectivity index (χ4v) is 5.12. The van der Waals surface area contributed by atoms with Crippen LogP contribution in [0.1, 0.15) is 64.9 Å². The minimum atomic E-state index is -0.838. The van der Waals surface area contributed by atoms with E-state index in [0.29, 0.717) is 28.6 Å². The summed E-state index contributed by atoms with van der Waals surface area (Å²) in [5.41, 5.74) is 15.6. The Hall–Kier alpha value is -3.15.